The van der Waals surface area contributed by atoms with Gasteiger partial charge in [-0.2, -0.15) is 0 Å². The number of methoxy groups -OCH3 is 1. The van der Waals surface area contributed by atoms with Crippen LogP contribution in [0, 0.1) is 0 Å². The van der Waals surface area contributed by atoms with E-state index in [0.717, 1.165) is 32.4 Å². The maximum atomic E-state index is 10.0. The van der Waals surface area contributed by atoms with Gasteiger partial charge in [-0.15, -0.1) is 16.4 Å². The number of rotatable bonds is 7. The number of aliphatic hydroxyl groups is 1. The largest absolute Gasteiger partial charge is 0.497 e. The van der Waals surface area contributed by atoms with Crippen LogP contribution in [0.2, 0.25) is 5.02 Å². The summed E-state index contributed by atoms with van der Waals surface area (Å²) >= 11 is 8.10. The van der Waals surface area contributed by atoms with Crippen molar-refractivity contribution in [2.75, 3.05) is 13.7 Å². The number of ether oxygens (including phenoxy) is 2. The number of halogens is 1. The standard InChI is InChI=1S/C24H23ClN2O3S/c1-24(2,28)15-30-23-14-20(27(26-23)19-10-5-4-9-18(19)25)22-12-11-21(31-22)16-7-6-8-17(13-16)29-3/h4-14,28H,15H2,1-3H3. The molecule has 1 N–H and O–H groups in total. The second kappa shape index (κ2) is 8.75. The van der Waals surface area contributed by atoms with Crippen LogP contribution in [0.4, 0.5) is 0 Å². The number of aromatic nitrogens is 2. The Morgan fingerprint density at radius 2 is 1.81 bits per heavy atom. The minimum absolute atomic E-state index is 0.130. The maximum Gasteiger partial charge on any atom is 0.233 e. The predicted molar refractivity (Wildman–Crippen MR) is 126 cm³/mol. The van der Waals surface area contributed by atoms with Gasteiger partial charge in [-0.1, -0.05) is 35.9 Å². The zero-order chi connectivity index (χ0) is 22.0. The Bertz CT molecular complexity index is 1190. The fraction of sp³-hybridized carbons (Fsp3) is 0.208. The van der Waals surface area contributed by atoms with E-state index in [2.05, 4.69) is 23.3 Å². The summed E-state index contributed by atoms with van der Waals surface area (Å²) in [6.45, 7) is 3.52. The lowest BCUT2D eigenvalue weighted by molar-refractivity contribution is 0.0267. The van der Waals surface area contributed by atoms with E-state index in [-0.39, 0.29) is 6.61 Å². The quantitative estimate of drug-likeness (QED) is 0.367. The van der Waals surface area contributed by atoms with Crippen molar-refractivity contribution < 1.29 is 14.6 Å². The Hall–Kier alpha value is -2.80. The van der Waals surface area contributed by atoms with E-state index in [1.54, 1.807) is 37.0 Å². The number of hydrogen-bond acceptors (Lipinski definition) is 5. The molecule has 0 amide bonds. The highest BCUT2D eigenvalue weighted by atomic mass is 35.5. The van der Waals surface area contributed by atoms with Crippen LogP contribution in [0.15, 0.2) is 66.7 Å². The first-order valence-electron chi connectivity index (χ1n) is 9.79. The minimum atomic E-state index is -0.962. The van der Waals surface area contributed by atoms with Crippen LogP contribution in [-0.2, 0) is 0 Å². The molecule has 2 aromatic heterocycles. The number of para-hydroxylation sites is 1. The molecule has 4 aromatic rings. The molecule has 0 aliphatic rings. The molecule has 5 nitrogen and oxygen atoms in total. The van der Waals surface area contributed by atoms with Gasteiger partial charge in [-0.25, -0.2) is 4.68 Å². The third-order valence-electron chi connectivity index (χ3n) is 4.55. The van der Waals surface area contributed by atoms with Crippen LogP contribution < -0.4 is 9.47 Å². The van der Waals surface area contributed by atoms with Crippen LogP contribution in [0.5, 0.6) is 11.6 Å². The SMILES string of the molecule is COc1cccc(-c2ccc(-c3cc(OCC(C)(C)O)nn3-c3ccccc3Cl)s2)c1. The second-order valence-electron chi connectivity index (χ2n) is 7.73. The molecule has 0 aliphatic heterocycles. The number of nitrogens with zero attached hydrogens (tertiary/aromatic N) is 2. The van der Waals surface area contributed by atoms with Crippen LogP contribution in [0.3, 0.4) is 0 Å². The van der Waals surface area contributed by atoms with Gasteiger partial charge in [0, 0.05) is 10.9 Å². The molecule has 0 atom stereocenters. The van der Waals surface area contributed by atoms with Gasteiger partial charge >= 0.3 is 0 Å². The first-order valence-corrected chi connectivity index (χ1v) is 11.0. The molecule has 160 valence electrons. The second-order valence-corrected chi connectivity index (χ2v) is 9.22. The molecule has 0 radical (unpaired) electrons. The van der Waals surface area contributed by atoms with Gasteiger partial charge in [0.2, 0.25) is 5.88 Å². The van der Waals surface area contributed by atoms with Crippen LogP contribution in [-0.4, -0.2) is 34.2 Å². The van der Waals surface area contributed by atoms with E-state index < -0.39 is 5.60 Å². The molecule has 31 heavy (non-hydrogen) atoms. The normalized spacial score (nSPS) is 11.5. The summed E-state index contributed by atoms with van der Waals surface area (Å²) in [6, 6.07) is 21.5. The summed E-state index contributed by atoms with van der Waals surface area (Å²) in [5.41, 5.74) is 1.74. The van der Waals surface area contributed by atoms with E-state index >= 15 is 0 Å². The zero-order valence-corrected chi connectivity index (χ0v) is 19.1. The smallest absolute Gasteiger partial charge is 0.233 e. The summed E-state index contributed by atoms with van der Waals surface area (Å²) in [5.74, 6) is 1.24. The maximum absolute atomic E-state index is 10.0. The molecule has 7 heteroatoms. The molecule has 2 aromatic carbocycles. The highest BCUT2D eigenvalue weighted by Gasteiger charge is 2.19. The average molecular weight is 455 g/mol. The fourth-order valence-corrected chi connectivity index (χ4v) is 4.29. The average Bonchev–Trinajstić information content (AvgIpc) is 3.39. The molecule has 0 spiro atoms. The van der Waals surface area contributed by atoms with Crippen molar-refractivity contribution in [3.05, 3.63) is 71.8 Å². The van der Waals surface area contributed by atoms with E-state index in [4.69, 9.17) is 21.1 Å². The molecular weight excluding hydrogens is 432 g/mol. The predicted octanol–water partition coefficient (Wildman–Crippen LogP) is 6.08. The Morgan fingerprint density at radius 1 is 1.03 bits per heavy atom. The minimum Gasteiger partial charge on any atom is -0.497 e. The Morgan fingerprint density at radius 3 is 2.55 bits per heavy atom. The van der Waals surface area contributed by atoms with Crippen molar-refractivity contribution in [1.82, 2.24) is 9.78 Å². The first kappa shape index (κ1) is 21.4. The lowest BCUT2D eigenvalue weighted by Crippen LogP contribution is -2.28. The Balaban J connectivity index is 1.75. The topological polar surface area (TPSA) is 56.5 Å². The first-order chi connectivity index (χ1) is 14.8. The molecule has 4 rings (SSSR count). The molecule has 0 aliphatic carbocycles. The molecule has 2 heterocycles. The molecular formula is C24H23ClN2O3S. The fourth-order valence-electron chi connectivity index (χ4n) is 3.07. The summed E-state index contributed by atoms with van der Waals surface area (Å²) in [6.07, 6.45) is 0. The number of hydrogen-bond donors (Lipinski definition) is 1. The van der Waals surface area contributed by atoms with E-state index in [9.17, 15) is 5.11 Å². The lowest BCUT2D eigenvalue weighted by Gasteiger charge is -2.16. The zero-order valence-electron chi connectivity index (χ0n) is 17.5. The van der Waals surface area contributed by atoms with Gasteiger partial charge in [0.05, 0.1) is 34.0 Å². The summed E-state index contributed by atoms with van der Waals surface area (Å²) in [5, 5.41) is 15.2. The highest BCUT2D eigenvalue weighted by Crippen LogP contribution is 2.38. The van der Waals surface area contributed by atoms with E-state index in [0.29, 0.717) is 10.9 Å². The van der Waals surface area contributed by atoms with Crippen molar-refractivity contribution in [2.24, 2.45) is 0 Å². The molecule has 0 bridgehead atoms. The van der Waals surface area contributed by atoms with Gasteiger partial charge in [-0.3, -0.25) is 0 Å². The third kappa shape index (κ3) is 4.93. The summed E-state index contributed by atoms with van der Waals surface area (Å²) in [4.78, 5) is 2.13. The number of thiophene rings is 1. The van der Waals surface area contributed by atoms with Crippen molar-refractivity contribution in [3.8, 4) is 38.3 Å². The van der Waals surface area contributed by atoms with Crippen molar-refractivity contribution in [3.63, 3.8) is 0 Å². The van der Waals surface area contributed by atoms with Crippen molar-refractivity contribution in [2.45, 2.75) is 19.4 Å². The van der Waals surface area contributed by atoms with Gasteiger partial charge in [0.15, 0.2) is 0 Å². The summed E-state index contributed by atoms with van der Waals surface area (Å²) in [7, 11) is 1.66. The Labute approximate surface area is 190 Å². The molecule has 0 fully saturated rings. The molecule has 0 saturated heterocycles. The molecule has 0 saturated carbocycles. The van der Waals surface area contributed by atoms with Crippen LogP contribution >= 0.6 is 22.9 Å². The van der Waals surface area contributed by atoms with Crippen molar-refractivity contribution in [1.29, 1.82) is 0 Å². The van der Waals surface area contributed by atoms with E-state index in [1.807, 2.05) is 48.5 Å². The van der Waals surface area contributed by atoms with E-state index in [1.165, 1.54) is 0 Å². The van der Waals surface area contributed by atoms with Crippen molar-refractivity contribution >= 4 is 22.9 Å². The lowest BCUT2D eigenvalue weighted by atomic mass is 10.2. The summed E-state index contributed by atoms with van der Waals surface area (Å²) < 4.78 is 12.9. The van der Waals surface area contributed by atoms with Gasteiger partial charge in [0.25, 0.3) is 0 Å². The van der Waals surface area contributed by atoms with Gasteiger partial charge in [-0.05, 0) is 55.8 Å². The monoisotopic (exact) mass is 454 g/mol. The van der Waals surface area contributed by atoms with Crippen LogP contribution in [0.25, 0.3) is 26.7 Å². The van der Waals surface area contributed by atoms with Gasteiger partial charge in [0.1, 0.15) is 12.4 Å². The number of benzene rings is 2. The van der Waals surface area contributed by atoms with Crippen LogP contribution in [0.1, 0.15) is 13.8 Å². The third-order valence-corrected chi connectivity index (χ3v) is 6.03. The Kier molecular flexibility index (Phi) is 6.05. The molecule has 0 unspecified atom stereocenters. The van der Waals surface area contributed by atoms with Gasteiger partial charge < -0.3 is 14.6 Å². The highest BCUT2D eigenvalue weighted by molar-refractivity contribution is 7.18.